The Kier molecular flexibility index (Phi) is 11.9. The van der Waals surface area contributed by atoms with Crippen LogP contribution in [-0.2, 0) is 4.74 Å². The molecule has 2 nitrogen and oxygen atoms in total. The highest BCUT2D eigenvalue weighted by Gasteiger charge is 2.05. The molecule has 0 aliphatic heterocycles. The molecule has 0 saturated carbocycles. The maximum Gasteiger partial charge on any atom is 0.0699 e. The smallest absolute Gasteiger partial charge is 0.0699 e. The van der Waals surface area contributed by atoms with E-state index in [-0.39, 0.29) is 0 Å². The van der Waals surface area contributed by atoms with Gasteiger partial charge in [0.1, 0.15) is 0 Å². The lowest BCUT2D eigenvalue weighted by atomic mass is 10.1. The Morgan fingerprint density at radius 2 is 1.73 bits per heavy atom. The minimum absolute atomic E-state index is 0.422. The van der Waals surface area contributed by atoms with Crippen LogP contribution in [0.4, 0.5) is 0 Å². The monoisotopic (exact) mass is 215 g/mol. The van der Waals surface area contributed by atoms with E-state index in [4.69, 9.17) is 4.74 Å². The van der Waals surface area contributed by atoms with Gasteiger partial charge >= 0.3 is 0 Å². The second-order valence-electron chi connectivity index (χ2n) is 4.25. The molecule has 1 atom stereocenters. The quantitative estimate of drug-likeness (QED) is 0.534. The van der Waals surface area contributed by atoms with Crippen LogP contribution in [0.15, 0.2) is 0 Å². The van der Waals surface area contributed by atoms with E-state index < -0.39 is 0 Å². The first-order valence-electron chi connectivity index (χ1n) is 6.61. The van der Waals surface area contributed by atoms with Gasteiger partial charge in [-0.2, -0.15) is 0 Å². The molecule has 0 aliphatic carbocycles. The van der Waals surface area contributed by atoms with Gasteiger partial charge in [-0.25, -0.2) is 0 Å². The Morgan fingerprint density at radius 1 is 1.00 bits per heavy atom. The van der Waals surface area contributed by atoms with Crippen LogP contribution in [-0.4, -0.2) is 26.3 Å². The molecule has 92 valence electrons. The van der Waals surface area contributed by atoms with Crippen molar-refractivity contribution in [1.29, 1.82) is 0 Å². The summed E-state index contributed by atoms with van der Waals surface area (Å²) < 4.78 is 5.84. The third kappa shape index (κ3) is 10.2. The number of rotatable bonds is 11. The highest BCUT2D eigenvalue weighted by Crippen LogP contribution is 2.06. The number of nitrogens with one attached hydrogen (secondary N) is 1. The maximum atomic E-state index is 5.84. The van der Waals surface area contributed by atoms with E-state index in [9.17, 15) is 0 Å². The number of likely N-dealkylation sites (N-methyl/N-ethyl adjacent to an activating group) is 1. The molecule has 1 N–H and O–H groups in total. The average Bonchev–Trinajstić information content (AvgIpc) is 2.24. The molecule has 0 aromatic heterocycles. The summed E-state index contributed by atoms with van der Waals surface area (Å²) in [5.41, 5.74) is 0. The van der Waals surface area contributed by atoms with Crippen molar-refractivity contribution in [3.8, 4) is 0 Å². The number of hydrogen-bond acceptors (Lipinski definition) is 2. The predicted molar refractivity (Wildman–Crippen MR) is 67.3 cm³/mol. The average molecular weight is 215 g/mol. The van der Waals surface area contributed by atoms with E-state index >= 15 is 0 Å². The van der Waals surface area contributed by atoms with E-state index in [0.29, 0.717) is 6.10 Å². The van der Waals surface area contributed by atoms with Crippen molar-refractivity contribution < 1.29 is 4.74 Å². The fourth-order valence-electron chi connectivity index (χ4n) is 1.75. The van der Waals surface area contributed by atoms with Gasteiger partial charge in [-0.3, -0.25) is 0 Å². The lowest BCUT2D eigenvalue weighted by Crippen LogP contribution is -2.26. The summed E-state index contributed by atoms with van der Waals surface area (Å²) in [5, 5.41) is 3.19. The molecule has 0 amide bonds. The largest absolute Gasteiger partial charge is 0.377 e. The summed E-state index contributed by atoms with van der Waals surface area (Å²) in [4.78, 5) is 0. The van der Waals surface area contributed by atoms with Crippen molar-refractivity contribution >= 4 is 0 Å². The van der Waals surface area contributed by atoms with E-state index in [1.165, 1.54) is 44.9 Å². The zero-order valence-electron chi connectivity index (χ0n) is 10.8. The number of unbranched alkanes of at least 4 members (excludes halogenated alkanes) is 4. The van der Waals surface area contributed by atoms with Gasteiger partial charge in [0.05, 0.1) is 6.10 Å². The van der Waals surface area contributed by atoms with Crippen molar-refractivity contribution in [2.45, 2.75) is 64.9 Å². The highest BCUT2D eigenvalue weighted by molar-refractivity contribution is 4.59. The van der Waals surface area contributed by atoms with Crippen LogP contribution in [0.25, 0.3) is 0 Å². The van der Waals surface area contributed by atoms with E-state index in [0.717, 1.165) is 13.2 Å². The standard InChI is InChI=1S/C13H29NO/c1-4-6-7-8-9-11-15-13(10-5-2)12-14-3/h13-14H,4-12H2,1-3H3. The number of ether oxygens (including phenoxy) is 1. The Labute approximate surface area is 95.8 Å². The van der Waals surface area contributed by atoms with E-state index in [1.54, 1.807) is 0 Å². The molecule has 0 radical (unpaired) electrons. The highest BCUT2D eigenvalue weighted by atomic mass is 16.5. The molecule has 0 aromatic carbocycles. The van der Waals surface area contributed by atoms with Crippen LogP contribution in [0.3, 0.4) is 0 Å². The Hall–Kier alpha value is -0.0800. The molecule has 2 heteroatoms. The summed E-state index contributed by atoms with van der Waals surface area (Å²) in [6.07, 6.45) is 9.41. The normalized spacial score (nSPS) is 13.0. The summed E-state index contributed by atoms with van der Waals surface area (Å²) >= 11 is 0. The molecule has 0 aliphatic rings. The molecule has 1 unspecified atom stereocenters. The fourth-order valence-corrected chi connectivity index (χ4v) is 1.75. The molecule has 0 saturated heterocycles. The molecule has 0 fully saturated rings. The summed E-state index contributed by atoms with van der Waals surface area (Å²) in [5.74, 6) is 0. The third-order valence-electron chi connectivity index (χ3n) is 2.64. The third-order valence-corrected chi connectivity index (χ3v) is 2.64. The van der Waals surface area contributed by atoms with Crippen molar-refractivity contribution in [3.05, 3.63) is 0 Å². The van der Waals surface area contributed by atoms with Crippen LogP contribution in [0.1, 0.15) is 58.8 Å². The van der Waals surface area contributed by atoms with Crippen LogP contribution < -0.4 is 5.32 Å². The first-order chi connectivity index (χ1) is 7.35. The summed E-state index contributed by atoms with van der Waals surface area (Å²) in [6.45, 7) is 6.40. The van der Waals surface area contributed by atoms with Gasteiger partial charge < -0.3 is 10.1 Å². The predicted octanol–water partition coefficient (Wildman–Crippen LogP) is 3.36. The van der Waals surface area contributed by atoms with Gasteiger partial charge in [-0.15, -0.1) is 0 Å². The minimum Gasteiger partial charge on any atom is -0.377 e. The summed E-state index contributed by atoms with van der Waals surface area (Å²) in [7, 11) is 1.99. The zero-order chi connectivity index (χ0) is 11.4. The Bertz CT molecular complexity index is 111. The van der Waals surface area contributed by atoms with E-state index in [2.05, 4.69) is 19.2 Å². The van der Waals surface area contributed by atoms with Crippen molar-refractivity contribution in [2.75, 3.05) is 20.2 Å². The van der Waals surface area contributed by atoms with Gasteiger partial charge in [0.25, 0.3) is 0 Å². The van der Waals surface area contributed by atoms with Gasteiger partial charge in [0, 0.05) is 13.2 Å². The topological polar surface area (TPSA) is 21.3 Å². The molecule has 0 heterocycles. The van der Waals surface area contributed by atoms with Crippen molar-refractivity contribution in [3.63, 3.8) is 0 Å². The molecular weight excluding hydrogens is 186 g/mol. The Balaban J connectivity index is 3.28. The molecule has 0 aromatic rings. The van der Waals surface area contributed by atoms with Gasteiger partial charge in [-0.1, -0.05) is 46.0 Å². The molecule has 0 spiro atoms. The van der Waals surface area contributed by atoms with Gasteiger partial charge in [-0.05, 0) is 19.9 Å². The van der Waals surface area contributed by atoms with Crippen molar-refractivity contribution in [1.82, 2.24) is 5.32 Å². The van der Waals surface area contributed by atoms with Gasteiger partial charge in [0.2, 0.25) is 0 Å². The summed E-state index contributed by atoms with van der Waals surface area (Å²) in [6, 6.07) is 0. The number of hydrogen-bond donors (Lipinski definition) is 1. The Morgan fingerprint density at radius 3 is 2.33 bits per heavy atom. The van der Waals surface area contributed by atoms with Crippen molar-refractivity contribution in [2.24, 2.45) is 0 Å². The van der Waals surface area contributed by atoms with Gasteiger partial charge in [0.15, 0.2) is 0 Å². The minimum atomic E-state index is 0.422. The molecule has 0 rings (SSSR count). The van der Waals surface area contributed by atoms with Crippen LogP contribution in [0, 0.1) is 0 Å². The van der Waals surface area contributed by atoms with Crippen LogP contribution in [0.5, 0.6) is 0 Å². The van der Waals surface area contributed by atoms with Crippen LogP contribution >= 0.6 is 0 Å². The second-order valence-corrected chi connectivity index (χ2v) is 4.25. The first-order valence-corrected chi connectivity index (χ1v) is 6.61. The zero-order valence-corrected chi connectivity index (χ0v) is 10.8. The first kappa shape index (κ1) is 14.9. The fraction of sp³-hybridized carbons (Fsp3) is 1.00. The lowest BCUT2D eigenvalue weighted by Gasteiger charge is -2.16. The van der Waals surface area contributed by atoms with E-state index in [1.807, 2.05) is 7.05 Å². The molecule has 15 heavy (non-hydrogen) atoms. The molecule has 0 bridgehead atoms. The second kappa shape index (κ2) is 12.0. The lowest BCUT2D eigenvalue weighted by molar-refractivity contribution is 0.0457. The molecular formula is C13H29NO. The maximum absolute atomic E-state index is 5.84. The van der Waals surface area contributed by atoms with Crippen LogP contribution in [0.2, 0.25) is 0 Å². The SMILES string of the molecule is CCCCCCCOC(CCC)CNC.